The molecular weight excluding hydrogens is 402 g/mol. The molecule has 2 aliphatic rings. The van der Waals surface area contributed by atoms with Gasteiger partial charge in [0.25, 0.3) is 5.91 Å². The summed E-state index contributed by atoms with van der Waals surface area (Å²) >= 11 is 0. The van der Waals surface area contributed by atoms with Gasteiger partial charge in [-0.25, -0.2) is 9.97 Å². The van der Waals surface area contributed by atoms with Crippen molar-refractivity contribution in [1.82, 2.24) is 29.9 Å². The van der Waals surface area contributed by atoms with E-state index in [2.05, 4.69) is 20.1 Å². The van der Waals surface area contributed by atoms with Crippen LogP contribution in [0.2, 0.25) is 0 Å². The maximum atomic E-state index is 13.6. The Morgan fingerprint density at radius 2 is 1.84 bits per heavy atom. The number of nitrogens with zero attached hydrogens (tertiary/aromatic N) is 7. The molecular formula is C24H23N7O. The van der Waals surface area contributed by atoms with E-state index in [0.29, 0.717) is 18.0 Å². The summed E-state index contributed by atoms with van der Waals surface area (Å²) in [5.41, 5.74) is 3.30. The first kappa shape index (κ1) is 18.9. The van der Waals surface area contributed by atoms with E-state index in [1.54, 1.807) is 12.4 Å². The number of carbonyl (C=O) groups is 1. The minimum atomic E-state index is 0.0250. The number of para-hydroxylation sites is 2. The predicted octanol–water partition coefficient (Wildman–Crippen LogP) is 2.87. The fourth-order valence-corrected chi connectivity index (χ4v) is 5.07. The van der Waals surface area contributed by atoms with Crippen molar-refractivity contribution in [3.63, 3.8) is 0 Å². The molecule has 1 amide bonds. The summed E-state index contributed by atoms with van der Waals surface area (Å²) in [6.45, 7) is 4.24. The van der Waals surface area contributed by atoms with E-state index in [4.69, 9.17) is 4.98 Å². The number of fused-ring (bicyclic) bond motifs is 3. The number of benzene rings is 2. The van der Waals surface area contributed by atoms with Crippen molar-refractivity contribution in [3.05, 3.63) is 72.2 Å². The largest absolute Gasteiger partial charge is 0.336 e. The number of rotatable bonds is 3. The highest BCUT2D eigenvalue weighted by molar-refractivity contribution is 5.98. The molecule has 32 heavy (non-hydrogen) atoms. The molecule has 2 fully saturated rings. The monoisotopic (exact) mass is 425 g/mol. The van der Waals surface area contributed by atoms with E-state index in [0.717, 1.165) is 47.6 Å². The predicted molar refractivity (Wildman–Crippen MR) is 121 cm³/mol. The molecule has 0 saturated carbocycles. The molecule has 2 saturated heterocycles. The zero-order valence-electron chi connectivity index (χ0n) is 17.8. The van der Waals surface area contributed by atoms with Gasteiger partial charge in [0.05, 0.1) is 23.5 Å². The Bertz CT molecular complexity index is 1300. The first-order valence-corrected chi connectivity index (χ1v) is 10.9. The number of anilines is 1. The number of aryl methyl sites for hydroxylation is 1. The van der Waals surface area contributed by atoms with E-state index in [9.17, 15) is 4.79 Å². The average Bonchev–Trinajstić information content (AvgIpc) is 3.45. The molecule has 0 radical (unpaired) electrons. The molecule has 2 aromatic carbocycles. The molecule has 2 aromatic heterocycles. The van der Waals surface area contributed by atoms with Gasteiger partial charge in [0.15, 0.2) is 0 Å². The summed E-state index contributed by atoms with van der Waals surface area (Å²) in [4.78, 5) is 28.8. The second kappa shape index (κ2) is 7.40. The van der Waals surface area contributed by atoms with Crippen LogP contribution in [-0.4, -0.2) is 61.4 Å². The van der Waals surface area contributed by atoms with Gasteiger partial charge >= 0.3 is 0 Å². The Morgan fingerprint density at radius 3 is 2.72 bits per heavy atom. The Balaban J connectivity index is 1.29. The summed E-state index contributed by atoms with van der Waals surface area (Å²) in [6.07, 6.45) is 6.20. The maximum Gasteiger partial charge on any atom is 0.256 e. The number of hydrogen-bond acceptors (Lipinski definition) is 6. The molecule has 160 valence electrons. The second-order valence-electron chi connectivity index (χ2n) is 8.64. The van der Waals surface area contributed by atoms with Crippen molar-refractivity contribution < 1.29 is 4.79 Å². The summed E-state index contributed by atoms with van der Waals surface area (Å²) < 4.78 is 0. The molecule has 0 N–H and O–H groups in total. The van der Waals surface area contributed by atoms with Gasteiger partial charge in [-0.15, -0.1) is 0 Å². The quantitative estimate of drug-likeness (QED) is 0.502. The van der Waals surface area contributed by atoms with Crippen LogP contribution < -0.4 is 4.90 Å². The molecule has 4 heterocycles. The lowest BCUT2D eigenvalue weighted by Crippen LogP contribution is -2.45. The van der Waals surface area contributed by atoms with Crippen LogP contribution in [0.15, 0.2) is 61.1 Å². The van der Waals surface area contributed by atoms with E-state index in [-0.39, 0.29) is 11.9 Å². The third-order valence-corrected chi connectivity index (χ3v) is 6.52. The van der Waals surface area contributed by atoms with Gasteiger partial charge in [-0.05, 0) is 37.0 Å². The normalized spacial score (nSPS) is 20.2. The number of likely N-dealkylation sites (tertiary alicyclic amines) is 1. The van der Waals surface area contributed by atoms with Crippen molar-refractivity contribution >= 4 is 22.8 Å². The lowest BCUT2D eigenvalue weighted by molar-refractivity contribution is 0.0693. The van der Waals surface area contributed by atoms with Gasteiger partial charge < -0.3 is 9.80 Å². The lowest BCUT2D eigenvalue weighted by Gasteiger charge is -2.33. The Labute approximate surface area is 185 Å². The number of amides is 1. The van der Waals surface area contributed by atoms with Crippen LogP contribution in [0.5, 0.6) is 0 Å². The standard InChI is InChI=1S/C24H23N7O/c1-16-5-4-7-20(22(16)31-26-9-10-27-31)23(32)29-13-17-11-19(15-29)30(14-17)24-25-12-18-6-2-3-8-21(18)28-24/h2-10,12,17,19H,11,13-15H2,1H3/t17-,19+/m1/s1. The van der Waals surface area contributed by atoms with Crippen LogP contribution >= 0.6 is 0 Å². The molecule has 0 spiro atoms. The van der Waals surface area contributed by atoms with Gasteiger partial charge in [0.2, 0.25) is 5.95 Å². The molecule has 4 aromatic rings. The van der Waals surface area contributed by atoms with Gasteiger partial charge in [0, 0.05) is 37.3 Å². The van der Waals surface area contributed by atoms with Gasteiger partial charge in [-0.3, -0.25) is 4.79 Å². The fourth-order valence-electron chi connectivity index (χ4n) is 5.07. The summed E-state index contributed by atoms with van der Waals surface area (Å²) in [7, 11) is 0. The van der Waals surface area contributed by atoms with Crippen molar-refractivity contribution in [2.75, 3.05) is 24.5 Å². The molecule has 8 heteroatoms. The summed E-state index contributed by atoms with van der Waals surface area (Å²) in [6, 6.07) is 14.0. The highest BCUT2D eigenvalue weighted by Gasteiger charge is 2.41. The van der Waals surface area contributed by atoms with E-state index >= 15 is 0 Å². The molecule has 2 aliphatic heterocycles. The highest BCUT2D eigenvalue weighted by atomic mass is 16.2. The van der Waals surface area contributed by atoms with E-state index in [1.165, 1.54) is 4.80 Å². The number of piperidine rings is 1. The third-order valence-electron chi connectivity index (χ3n) is 6.52. The number of aromatic nitrogens is 5. The second-order valence-corrected chi connectivity index (χ2v) is 8.64. The fraction of sp³-hybridized carbons (Fsp3) is 0.292. The number of carbonyl (C=O) groups excluding carboxylic acids is 1. The third kappa shape index (κ3) is 3.10. The summed E-state index contributed by atoms with van der Waals surface area (Å²) in [5, 5.41) is 9.57. The van der Waals surface area contributed by atoms with Crippen molar-refractivity contribution in [3.8, 4) is 5.69 Å². The van der Waals surface area contributed by atoms with Crippen LogP contribution in [0.25, 0.3) is 16.6 Å². The molecule has 0 aliphatic carbocycles. The molecule has 6 rings (SSSR count). The molecule has 2 atom stereocenters. The van der Waals surface area contributed by atoms with Gasteiger partial charge in [-0.2, -0.15) is 15.0 Å². The zero-order valence-corrected chi connectivity index (χ0v) is 17.8. The van der Waals surface area contributed by atoms with Crippen molar-refractivity contribution in [1.29, 1.82) is 0 Å². The van der Waals surface area contributed by atoms with Gasteiger partial charge in [0.1, 0.15) is 5.69 Å². The van der Waals surface area contributed by atoms with Crippen LogP contribution in [0.3, 0.4) is 0 Å². The van der Waals surface area contributed by atoms with Crippen LogP contribution in [0, 0.1) is 12.8 Å². The summed E-state index contributed by atoms with van der Waals surface area (Å²) in [5.74, 6) is 1.18. The van der Waals surface area contributed by atoms with Crippen molar-refractivity contribution in [2.45, 2.75) is 19.4 Å². The first-order valence-electron chi connectivity index (χ1n) is 10.9. The highest BCUT2D eigenvalue weighted by Crippen LogP contribution is 2.33. The van der Waals surface area contributed by atoms with E-state index in [1.807, 2.05) is 60.5 Å². The molecule has 0 unspecified atom stereocenters. The van der Waals surface area contributed by atoms with Crippen molar-refractivity contribution in [2.24, 2.45) is 5.92 Å². The van der Waals surface area contributed by atoms with E-state index < -0.39 is 0 Å². The zero-order chi connectivity index (χ0) is 21.7. The maximum absolute atomic E-state index is 13.6. The first-order chi connectivity index (χ1) is 15.7. The minimum absolute atomic E-state index is 0.0250. The smallest absolute Gasteiger partial charge is 0.256 e. The average molecular weight is 425 g/mol. The topological polar surface area (TPSA) is 80.0 Å². The van der Waals surface area contributed by atoms with Crippen LogP contribution in [0.1, 0.15) is 22.3 Å². The SMILES string of the molecule is Cc1cccc(C(=O)N2C[C@H]3C[C@@H](C2)N(c2ncc4ccccc4n2)C3)c1-n1nccn1. The van der Waals surface area contributed by atoms with Gasteiger partial charge in [-0.1, -0.05) is 30.3 Å². The molecule has 8 nitrogen and oxygen atoms in total. The lowest BCUT2D eigenvalue weighted by atomic mass is 9.98. The minimum Gasteiger partial charge on any atom is -0.336 e. The Hall–Kier alpha value is -3.81. The number of hydrogen-bond donors (Lipinski definition) is 0. The van der Waals surface area contributed by atoms with Crippen LogP contribution in [0.4, 0.5) is 5.95 Å². The Morgan fingerprint density at radius 1 is 1.00 bits per heavy atom. The Kier molecular flexibility index (Phi) is 4.38. The molecule has 2 bridgehead atoms. The van der Waals surface area contributed by atoms with Crippen LogP contribution in [-0.2, 0) is 0 Å².